The maximum atomic E-state index is 10.8. The van der Waals surface area contributed by atoms with E-state index in [-0.39, 0.29) is 11.9 Å². The van der Waals surface area contributed by atoms with Crippen molar-refractivity contribution in [2.24, 2.45) is 0 Å². The van der Waals surface area contributed by atoms with E-state index in [2.05, 4.69) is 4.98 Å². The summed E-state index contributed by atoms with van der Waals surface area (Å²) in [6.07, 6.45) is 2.07. The molecule has 0 aliphatic heterocycles. The first-order valence-corrected chi connectivity index (χ1v) is 9.93. The summed E-state index contributed by atoms with van der Waals surface area (Å²) in [7, 11) is 0. The molecule has 0 unspecified atom stereocenters. The monoisotopic (exact) mass is 395 g/mol. The van der Waals surface area contributed by atoms with Crippen LogP contribution in [0.25, 0.3) is 39.2 Å². The van der Waals surface area contributed by atoms with Crippen LogP contribution in [0.1, 0.15) is 13.8 Å². The first kappa shape index (κ1) is 18.2. The molecule has 5 nitrogen and oxygen atoms in total. The third-order valence-corrected chi connectivity index (χ3v) is 4.98. The van der Waals surface area contributed by atoms with Crippen molar-refractivity contribution in [2.45, 2.75) is 20.0 Å². The van der Waals surface area contributed by atoms with Crippen LogP contribution in [0, 0.1) is 0 Å². The van der Waals surface area contributed by atoms with E-state index >= 15 is 0 Å². The smallest absolute Gasteiger partial charge is 0.235 e. The van der Waals surface area contributed by atoms with Crippen molar-refractivity contribution in [2.75, 3.05) is 0 Å². The van der Waals surface area contributed by atoms with E-state index in [1.807, 2.05) is 91.2 Å². The molecular weight excluding hydrogens is 374 g/mol. The molecule has 0 atom stereocenters. The van der Waals surface area contributed by atoms with E-state index in [1.165, 1.54) is 0 Å². The summed E-state index contributed by atoms with van der Waals surface area (Å²) >= 11 is 0. The van der Waals surface area contributed by atoms with Crippen molar-refractivity contribution < 1.29 is 9.84 Å². The molecule has 1 N–H and O–H groups in total. The van der Waals surface area contributed by atoms with Gasteiger partial charge in [-0.15, -0.1) is 0 Å². The molecule has 0 fully saturated rings. The van der Waals surface area contributed by atoms with Crippen LogP contribution in [-0.4, -0.2) is 25.6 Å². The molecule has 3 aromatic carbocycles. The number of imidazole rings is 1. The van der Waals surface area contributed by atoms with Gasteiger partial charge in [-0.05, 0) is 43.7 Å². The van der Waals surface area contributed by atoms with Crippen molar-refractivity contribution in [1.29, 1.82) is 0 Å². The second-order valence-corrected chi connectivity index (χ2v) is 7.49. The number of hydrogen-bond acceptors (Lipinski definition) is 4. The van der Waals surface area contributed by atoms with Crippen molar-refractivity contribution >= 4 is 16.8 Å². The number of phenols is 1. The lowest BCUT2D eigenvalue weighted by Gasteiger charge is -2.14. The van der Waals surface area contributed by atoms with Crippen LogP contribution in [0.5, 0.6) is 11.5 Å². The minimum Gasteiger partial charge on any atom is -0.507 e. The van der Waals surface area contributed by atoms with Gasteiger partial charge in [-0.2, -0.15) is 0 Å². The Bertz CT molecular complexity index is 1360. The van der Waals surface area contributed by atoms with Crippen LogP contribution < -0.4 is 4.74 Å². The average Bonchev–Trinajstić information content (AvgIpc) is 3.11. The molecule has 2 heterocycles. The van der Waals surface area contributed by atoms with Gasteiger partial charge in [-0.1, -0.05) is 42.5 Å². The van der Waals surface area contributed by atoms with Gasteiger partial charge in [-0.25, -0.2) is 9.97 Å². The lowest BCUT2D eigenvalue weighted by molar-refractivity contribution is 0.241. The summed E-state index contributed by atoms with van der Waals surface area (Å²) in [6, 6.07) is 23.4. The van der Waals surface area contributed by atoms with Crippen LogP contribution in [-0.2, 0) is 0 Å². The lowest BCUT2D eigenvalue weighted by Crippen LogP contribution is -2.05. The Balaban J connectivity index is 1.77. The van der Waals surface area contributed by atoms with Gasteiger partial charge in [0.05, 0.1) is 22.8 Å². The molecule has 0 aliphatic carbocycles. The maximum absolute atomic E-state index is 10.8. The van der Waals surface area contributed by atoms with Crippen molar-refractivity contribution in [3.63, 3.8) is 0 Å². The summed E-state index contributed by atoms with van der Waals surface area (Å²) in [6.45, 7) is 3.91. The molecule has 5 aromatic rings. The second-order valence-electron chi connectivity index (χ2n) is 7.49. The molecule has 148 valence electrons. The number of fused-ring (bicyclic) bond motifs is 3. The molecule has 0 bridgehead atoms. The van der Waals surface area contributed by atoms with Crippen LogP contribution in [0.4, 0.5) is 0 Å². The summed E-state index contributed by atoms with van der Waals surface area (Å²) in [5.41, 5.74) is 5.12. The third kappa shape index (κ3) is 3.14. The summed E-state index contributed by atoms with van der Waals surface area (Å²) in [5, 5.41) is 10.8. The van der Waals surface area contributed by atoms with Crippen LogP contribution in [0.15, 0.2) is 79.0 Å². The Kier molecular flexibility index (Phi) is 4.36. The van der Waals surface area contributed by atoms with Crippen molar-refractivity contribution in [3.05, 3.63) is 79.0 Å². The number of phenolic OH excluding ortho intramolecular Hbond substituents is 1. The highest BCUT2D eigenvalue weighted by Gasteiger charge is 2.17. The van der Waals surface area contributed by atoms with Crippen molar-refractivity contribution in [3.8, 4) is 33.9 Å². The van der Waals surface area contributed by atoms with Gasteiger partial charge >= 0.3 is 0 Å². The van der Waals surface area contributed by atoms with Gasteiger partial charge in [0.2, 0.25) is 5.78 Å². The quantitative estimate of drug-likeness (QED) is 0.423. The first-order valence-electron chi connectivity index (χ1n) is 9.93. The number of aromatic hydroxyl groups is 1. The molecule has 5 heteroatoms. The topological polar surface area (TPSA) is 59.7 Å². The minimum absolute atomic E-state index is 0.0296. The molecule has 0 aliphatic rings. The molecule has 0 saturated carbocycles. The zero-order chi connectivity index (χ0) is 20.7. The zero-order valence-electron chi connectivity index (χ0n) is 16.8. The number of hydrogen-bond donors (Lipinski definition) is 1. The fourth-order valence-corrected chi connectivity index (χ4v) is 3.68. The van der Waals surface area contributed by atoms with Gasteiger partial charge in [0.15, 0.2) is 0 Å². The minimum atomic E-state index is 0.0296. The summed E-state index contributed by atoms with van der Waals surface area (Å²) in [4.78, 5) is 9.53. The van der Waals surface area contributed by atoms with Gasteiger partial charge in [0.25, 0.3) is 0 Å². The van der Waals surface area contributed by atoms with Crippen molar-refractivity contribution in [1.82, 2.24) is 14.4 Å². The fraction of sp³-hybridized carbons (Fsp3) is 0.120. The Morgan fingerprint density at radius 1 is 0.867 bits per heavy atom. The van der Waals surface area contributed by atoms with Gasteiger partial charge in [0, 0.05) is 23.4 Å². The normalized spacial score (nSPS) is 11.4. The molecule has 0 amide bonds. The Morgan fingerprint density at radius 2 is 1.63 bits per heavy atom. The van der Waals surface area contributed by atoms with Crippen LogP contribution in [0.3, 0.4) is 0 Å². The van der Waals surface area contributed by atoms with Gasteiger partial charge in [0.1, 0.15) is 11.5 Å². The number of ether oxygens (including phenoxy) is 1. The molecular formula is C25H21N3O2. The number of para-hydroxylation sites is 2. The summed E-state index contributed by atoms with van der Waals surface area (Å²) in [5.74, 6) is 1.34. The van der Waals surface area contributed by atoms with Gasteiger partial charge in [-0.3, -0.25) is 4.40 Å². The highest BCUT2D eigenvalue weighted by Crippen LogP contribution is 2.38. The van der Waals surface area contributed by atoms with E-state index < -0.39 is 0 Å². The summed E-state index contributed by atoms with van der Waals surface area (Å²) < 4.78 is 7.71. The standard InChI is InChI=1S/C25H21N3O2/c1-16(2)30-18-12-13-19(23(29)14-18)24-20(17-8-4-3-5-9-17)15-28-22-11-7-6-10-21(22)26-25(28)27-24/h3-16,29H,1-2H3. The zero-order valence-corrected chi connectivity index (χ0v) is 16.8. The Hall–Kier alpha value is -3.86. The van der Waals surface area contributed by atoms with Crippen LogP contribution >= 0.6 is 0 Å². The highest BCUT2D eigenvalue weighted by atomic mass is 16.5. The molecule has 0 saturated heterocycles. The molecule has 0 spiro atoms. The Labute approximate surface area is 174 Å². The largest absolute Gasteiger partial charge is 0.507 e. The molecule has 0 radical (unpaired) electrons. The first-order chi connectivity index (χ1) is 14.6. The molecule has 30 heavy (non-hydrogen) atoms. The maximum Gasteiger partial charge on any atom is 0.235 e. The molecule has 5 rings (SSSR count). The number of nitrogens with zero attached hydrogens (tertiary/aromatic N) is 3. The van der Waals surface area contributed by atoms with Crippen LogP contribution in [0.2, 0.25) is 0 Å². The van der Waals surface area contributed by atoms with E-state index in [4.69, 9.17) is 9.72 Å². The lowest BCUT2D eigenvalue weighted by atomic mass is 10.00. The predicted octanol–water partition coefficient (Wildman–Crippen LogP) is 5.71. The average molecular weight is 395 g/mol. The third-order valence-electron chi connectivity index (χ3n) is 4.98. The molecule has 2 aromatic heterocycles. The number of rotatable bonds is 4. The highest BCUT2D eigenvalue weighted by molar-refractivity contribution is 5.87. The van der Waals surface area contributed by atoms with E-state index in [0.29, 0.717) is 22.8 Å². The second kappa shape index (κ2) is 7.19. The number of aromatic nitrogens is 3. The van der Waals surface area contributed by atoms with E-state index in [0.717, 1.165) is 22.2 Å². The SMILES string of the molecule is CC(C)Oc1ccc(-c2nc3nc4ccccc4n3cc2-c2ccccc2)c(O)c1. The number of benzene rings is 3. The van der Waals surface area contributed by atoms with Gasteiger partial charge < -0.3 is 9.84 Å². The predicted molar refractivity (Wildman–Crippen MR) is 119 cm³/mol. The van der Waals surface area contributed by atoms with E-state index in [1.54, 1.807) is 6.07 Å². The van der Waals surface area contributed by atoms with E-state index in [9.17, 15) is 5.11 Å². The Morgan fingerprint density at radius 3 is 2.40 bits per heavy atom. The fourth-order valence-electron chi connectivity index (χ4n) is 3.68.